The quantitative estimate of drug-likeness (QED) is 0.272. The van der Waals surface area contributed by atoms with Crippen molar-refractivity contribution in [2.24, 2.45) is 0 Å². The summed E-state index contributed by atoms with van der Waals surface area (Å²) < 4.78 is 12.4. The minimum absolute atomic E-state index is 0.731. The zero-order chi connectivity index (χ0) is 18.7. The van der Waals surface area contributed by atoms with Crippen molar-refractivity contribution in [2.75, 3.05) is 0 Å². The lowest BCUT2D eigenvalue weighted by molar-refractivity contribution is 0.549. The maximum absolute atomic E-state index is 13.3. The molecule has 0 aliphatic carbocycles. The van der Waals surface area contributed by atoms with Gasteiger partial charge in [-0.3, -0.25) is 4.21 Å². The third kappa shape index (κ3) is 6.25. The molecule has 142 valence electrons. The van der Waals surface area contributed by atoms with Crippen LogP contribution in [0.2, 0.25) is 0 Å². The van der Waals surface area contributed by atoms with Crippen LogP contribution in [0.15, 0.2) is 65.6 Å². The number of unbranched alkanes of at least 4 members (excludes halogenated alkanes) is 7. The Bertz CT molecular complexity index is 644. The highest BCUT2D eigenvalue weighted by Crippen LogP contribution is 2.41. The zero-order valence-electron chi connectivity index (χ0n) is 15.8. The van der Waals surface area contributed by atoms with Crippen molar-refractivity contribution in [2.45, 2.75) is 73.8 Å². The van der Waals surface area contributed by atoms with Gasteiger partial charge in [0.25, 0.3) is 0 Å². The van der Waals surface area contributed by atoms with Gasteiger partial charge in [-0.1, -0.05) is 118 Å². The molecule has 0 aliphatic rings. The molecule has 0 aliphatic heterocycles. The molecule has 0 bridgehead atoms. The van der Waals surface area contributed by atoms with Crippen molar-refractivity contribution < 1.29 is 4.21 Å². The smallest absolute Gasteiger partial charge is 0.149 e. The van der Waals surface area contributed by atoms with Gasteiger partial charge in [0.15, 0.2) is 0 Å². The first-order valence-corrected chi connectivity index (χ1v) is 11.4. The number of halogens is 1. The summed E-state index contributed by atoms with van der Waals surface area (Å²) in [5.74, 6) is 0. The van der Waals surface area contributed by atoms with E-state index < -0.39 is 15.0 Å². The SMILES string of the molecule is CCCCCCCCCCC(Cl)(c1ccccc1)S(=O)c1ccccc1. The van der Waals surface area contributed by atoms with E-state index in [1.807, 2.05) is 60.7 Å². The Morgan fingerprint density at radius 2 is 1.27 bits per heavy atom. The lowest BCUT2D eigenvalue weighted by Gasteiger charge is -2.27. The molecule has 0 heterocycles. The van der Waals surface area contributed by atoms with Gasteiger partial charge in [0.2, 0.25) is 0 Å². The van der Waals surface area contributed by atoms with Crippen LogP contribution < -0.4 is 0 Å². The third-order valence-electron chi connectivity index (χ3n) is 4.81. The predicted octanol–water partition coefficient (Wildman–Crippen LogP) is 7.42. The highest BCUT2D eigenvalue weighted by Gasteiger charge is 2.36. The molecule has 2 aromatic carbocycles. The lowest BCUT2D eigenvalue weighted by atomic mass is 10.0. The molecule has 2 unspecified atom stereocenters. The van der Waals surface area contributed by atoms with E-state index in [1.54, 1.807) is 0 Å². The topological polar surface area (TPSA) is 17.1 Å². The molecule has 2 aromatic rings. The predicted molar refractivity (Wildman–Crippen MR) is 114 cm³/mol. The standard InChI is InChI=1S/C23H31ClOS/c1-2-3-4-5-6-7-8-15-20-23(24,21-16-11-9-12-17-21)26(25)22-18-13-10-14-19-22/h9-14,16-19H,2-8,15,20H2,1H3. The molecule has 0 aromatic heterocycles. The minimum Gasteiger partial charge on any atom is -0.252 e. The van der Waals surface area contributed by atoms with E-state index in [4.69, 9.17) is 11.6 Å². The van der Waals surface area contributed by atoms with E-state index in [9.17, 15) is 4.21 Å². The summed E-state index contributed by atoms with van der Waals surface area (Å²) in [7, 11) is -1.28. The van der Waals surface area contributed by atoms with Gasteiger partial charge in [0.1, 0.15) is 4.21 Å². The molecule has 0 amide bonds. The van der Waals surface area contributed by atoms with Gasteiger partial charge >= 0.3 is 0 Å². The minimum atomic E-state index is -1.28. The van der Waals surface area contributed by atoms with Crippen LogP contribution in [-0.4, -0.2) is 4.21 Å². The molecule has 2 atom stereocenters. The van der Waals surface area contributed by atoms with Gasteiger partial charge in [0, 0.05) is 4.90 Å². The van der Waals surface area contributed by atoms with Crippen molar-refractivity contribution in [3.8, 4) is 0 Å². The third-order valence-corrected chi connectivity index (χ3v) is 7.36. The van der Waals surface area contributed by atoms with Crippen LogP contribution in [-0.2, 0) is 15.0 Å². The molecule has 3 heteroatoms. The van der Waals surface area contributed by atoms with E-state index in [1.165, 1.54) is 38.5 Å². The van der Waals surface area contributed by atoms with Crippen molar-refractivity contribution >= 4 is 22.4 Å². The number of hydrogen-bond donors (Lipinski definition) is 0. The summed E-state index contributed by atoms with van der Waals surface area (Å²) in [6.07, 6.45) is 10.7. The van der Waals surface area contributed by atoms with Gasteiger partial charge in [-0.15, -0.1) is 0 Å². The molecular weight excluding hydrogens is 360 g/mol. The maximum Gasteiger partial charge on any atom is 0.149 e. The van der Waals surface area contributed by atoms with Gasteiger partial charge in [-0.05, 0) is 24.1 Å². The fraction of sp³-hybridized carbons (Fsp3) is 0.478. The first-order chi connectivity index (χ1) is 12.7. The van der Waals surface area contributed by atoms with E-state index in [2.05, 4.69) is 6.92 Å². The van der Waals surface area contributed by atoms with E-state index in [0.29, 0.717) is 0 Å². The van der Waals surface area contributed by atoms with Gasteiger partial charge < -0.3 is 0 Å². The van der Waals surface area contributed by atoms with Crippen LogP contribution in [0.5, 0.6) is 0 Å². The van der Waals surface area contributed by atoms with Crippen molar-refractivity contribution in [1.29, 1.82) is 0 Å². The summed E-state index contributed by atoms with van der Waals surface area (Å²) in [5, 5.41) is 0. The van der Waals surface area contributed by atoms with Crippen molar-refractivity contribution in [1.82, 2.24) is 0 Å². The lowest BCUT2D eigenvalue weighted by Crippen LogP contribution is -2.25. The molecule has 2 rings (SSSR count). The summed E-state index contributed by atoms with van der Waals surface area (Å²) >= 11 is 7.03. The highest BCUT2D eigenvalue weighted by molar-refractivity contribution is 7.87. The monoisotopic (exact) mass is 390 g/mol. The molecule has 0 radical (unpaired) electrons. The second-order valence-corrected chi connectivity index (χ2v) is 9.48. The normalized spacial score (nSPS) is 14.7. The van der Waals surface area contributed by atoms with E-state index in [-0.39, 0.29) is 0 Å². The second-order valence-electron chi connectivity index (χ2n) is 6.90. The fourth-order valence-corrected chi connectivity index (χ4v) is 5.23. The molecule has 26 heavy (non-hydrogen) atoms. The molecule has 0 saturated heterocycles. The number of benzene rings is 2. The van der Waals surface area contributed by atoms with Gasteiger partial charge in [-0.2, -0.15) is 0 Å². The Morgan fingerprint density at radius 1 is 0.769 bits per heavy atom. The van der Waals surface area contributed by atoms with Crippen LogP contribution in [0.4, 0.5) is 0 Å². The number of rotatable bonds is 12. The Labute approximate surface area is 166 Å². The first kappa shape index (κ1) is 21.2. The fourth-order valence-electron chi connectivity index (χ4n) is 3.25. The van der Waals surface area contributed by atoms with Crippen molar-refractivity contribution in [3.05, 3.63) is 66.2 Å². The molecule has 0 saturated carbocycles. The van der Waals surface area contributed by atoms with Crippen LogP contribution in [0.25, 0.3) is 0 Å². The Kier molecular flexibility index (Phi) is 9.42. The number of hydrogen-bond acceptors (Lipinski definition) is 1. The van der Waals surface area contributed by atoms with Crippen LogP contribution in [0.1, 0.15) is 70.3 Å². The van der Waals surface area contributed by atoms with Gasteiger partial charge in [0.05, 0.1) is 10.8 Å². The van der Waals surface area contributed by atoms with E-state index in [0.717, 1.165) is 29.7 Å². The van der Waals surface area contributed by atoms with Crippen LogP contribution in [0.3, 0.4) is 0 Å². The molecule has 0 spiro atoms. The highest BCUT2D eigenvalue weighted by atomic mass is 35.5. The summed E-state index contributed by atoms with van der Waals surface area (Å²) in [4.78, 5) is 0.797. The number of alkyl halides is 1. The summed E-state index contributed by atoms with van der Waals surface area (Å²) in [5.41, 5.74) is 0.951. The Morgan fingerprint density at radius 3 is 1.85 bits per heavy atom. The Hall–Kier alpha value is -1.12. The van der Waals surface area contributed by atoms with E-state index >= 15 is 0 Å². The average Bonchev–Trinajstić information content (AvgIpc) is 2.70. The zero-order valence-corrected chi connectivity index (χ0v) is 17.4. The Balaban J connectivity index is 1.98. The van der Waals surface area contributed by atoms with Crippen LogP contribution in [0, 0.1) is 0 Å². The first-order valence-electron chi connectivity index (χ1n) is 9.90. The second kappa shape index (κ2) is 11.6. The summed E-state index contributed by atoms with van der Waals surface area (Å²) in [6, 6.07) is 19.5. The van der Waals surface area contributed by atoms with Gasteiger partial charge in [-0.25, -0.2) is 0 Å². The molecule has 1 nitrogen and oxygen atoms in total. The van der Waals surface area contributed by atoms with Crippen molar-refractivity contribution in [3.63, 3.8) is 0 Å². The average molecular weight is 391 g/mol. The largest absolute Gasteiger partial charge is 0.252 e. The van der Waals surface area contributed by atoms with Crippen LogP contribution >= 0.6 is 11.6 Å². The molecule has 0 fully saturated rings. The molecular formula is C23H31ClOS. The molecule has 0 N–H and O–H groups in total. The summed E-state index contributed by atoms with van der Waals surface area (Å²) in [6.45, 7) is 2.25. The maximum atomic E-state index is 13.3.